The fourth-order valence-corrected chi connectivity index (χ4v) is 1.42. The van der Waals surface area contributed by atoms with Crippen LogP contribution in [0.15, 0.2) is 18.2 Å². The maximum Gasteiger partial charge on any atom is 0.319 e. The molecule has 94 valence electrons. The van der Waals surface area contributed by atoms with Crippen molar-refractivity contribution >= 4 is 34.9 Å². The Morgan fingerprint density at radius 2 is 1.94 bits per heavy atom. The highest BCUT2D eigenvalue weighted by atomic mass is 35.5. The molecule has 0 atom stereocenters. The van der Waals surface area contributed by atoms with Crippen LogP contribution < -0.4 is 10.6 Å². The summed E-state index contributed by atoms with van der Waals surface area (Å²) in [4.78, 5) is 11.5. The Labute approximate surface area is 108 Å². The maximum absolute atomic E-state index is 11.5. The lowest BCUT2D eigenvalue weighted by atomic mass is 10.3. The maximum atomic E-state index is 11.5. The Balaban J connectivity index is 2.64. The number of aliphatic hydroxyl groups is 2. The third-order valence-corrected chi connectivity index (χ3v) is 2.52. The normalized spacial score (nSPS) is 10.4. The van der Waals surface area contributed by atoms with Crippen molar-refractivity contribution in [3.63, 3.8) is 0 Å². The minimum absolute atomic E-state index is 0.342. The molecule has 17 heavy (non-hydrogen) atoms. The van der Waals surface area contributed by atoms with Crippen LogP contribution in [0.5, 0.6) is 0 Å². The molecule has 0 aliphatic rings. The van der Waals surface area contributed by atoms with Gasteiger partial charge in [0.2, 0.25) is 0 Å². The van der Waals surface area contributed by atoms with Crippen molar-refractivity contribution < 1.29 is 15.0 Å². The van der Waals surface area contributed by atoms with Crippen LogP contribution in [0.4, 0.5) is 10.5 Å². The smallest absolute Gasteiger partial charge is 0.319 e. The van der Waals surface area contributed by atoms with E-state index in [1.807, 2.05) is 0 Å². The molecule has 0 radical (unpaired) electrons. The Hall–Kier alpha value is -1.01. The molecule has 1 aromatic carbocycles. The first-order valence-electron chi connectivity index (χ1n) is 4.81. The summed E-state index contributed by atoms with van der Waals surface area (Å²) in [6.45, 7) is -0.708. The molecule has 0 fully saturated rings. The van der Waals surface area contributed by atoms with Gasteiger partial charge in [0.15, 0.2) is 0 Å². The fourth-order valence-electron chi connectivity index (χ4n) is 1.09. The molecule has 0 heterocycles. The van der Waals surface area contributed by atoms with Gasteiger partial charge in [-0.05, 0) is 18.2 Å². The number of amides is 2. The monoisotopic (exact) mass is 278 g/mol. The first-order chi connectivity index (χ1) is 8.06. The van der Waals surface area contributed by atoms with Gasteiger partial charge in [0.1, 0.15) is 0 Å². The van der Waals surface area contributed by atoms with Gasteiger partial charge in [-0.15, -0.1) is 0 Å². The first-order valence-corrected chi connectivity index (χ1v) is 5.56. The van der Waals surface area contributed by atoms with E-state index in [0.717, 1.165) is 0 Å². The van der Waals surface area contributed by atoms with Gasteiger partial charge < -0.3 is 20.8 Å². The molecule has 0 aliphatic carbocycles. The lowest BCUT2D eigenvalue weighted by Gasteiger charge is -2.14. The van der Waals surface area contributed by atoms with E-state index in [1.54, 1.807) is 12.1 Å². The zero-order valence-corrected chi connectivity index (χ0v) is 10.3. The Morgan fingerprint density at radius 1 is 1.29 bits per heavy atom. The second kappa shape index (κ2) is 6.66. The SMILES string of the molecule is O=C(Nc1cc(Cl)ccc1Cl)NC(CO)CO. The average molecular weight is 279 g/mol. The van der Waals surface area contributed by atoms with E-state index < -0.39 is 12.1 Å². The van der Waals surface area contributed by atoms with Crippen LogP contribution in [0.1, 0.15) is 0 Å². The van der Waals surface area contributed by atoms with Gasteiger partial charge in [-0.3, -0.25) is 0 Å². The number of hydrogen-bond acceptors (Lipinski definition) is 3. The Morgan fingerprint density at radius 3 is 2.53 bits per heavy atom. The molecule has 0 spiro atoms. The standard InChI is InChI=1S/C10H12Cl2N2O3/c11-6-1-2-8(12)9(3-6)14-10(17)13-7(4-15)5-16/h1-3,7,15-16H,4-5H2,(H2,13,14,17). The van der Waals surface area contributed by atoms with Crippen molar-refractivity contribution in [1.82, 2.24) is 5.32 Å². The number of nitrogens with one attached hydrogen (secondary N) is 2. The molecular weight excluding hydrogens is 267 g/mol. The van der Waals surface area contributed by atoms with Gasteiger partial charge in [-0.1, -0.05) is 23.2 Å². The molecule has 5 nitrogen and oxygen atoms in total. The number of carbonyl (C=O) groups is 1. The van der Waals surface area contributed by atoms with Crippen LogP contribution in [0.3, 0.4) is 0 Å². The minimum Gasteiger partial charge on any atom is -0.394 e. The summed E-state index contributed by atoms with van der Waals surface area (Å²) >= 11 is 11.6. The topological polar surface area (TPSA) is 81.6 Å². The minimum atomic E-state index is -0.715. The van der Waals surface area contributed by atoms with Crippen molar-refractivity contribution in [3.8, 4) is 0 Å². The van der Waals surface area contributed by atoms with E-state index >= 15 is 0 Å². The molecule has 1 rings (SSSR count). The highest BCUT2D eigenvalue weighted by Gasteiger charge is 2.11. The van der Waals surface area contributed by atoms with Gasteiger partial charge in [-0.2, -0.15) is 0 Å². The number of carbonyl (C=O) groups excluding carboxylic acids is 1. The molecule has 2 amide bonds. The van der Waals surface area contributed by atoms with Crippen molar-refractivity contribution in [1.29, 1.82) is 0 Å². The average Bonchev–Trinajstić information content (AvgIpc) is 2.31. The molecule has 4 N–H and O–H groups in total. The van der Waals surface area contributed by atoms with E-state index in [2.05, 4.69) is 10.6 Å². The second-order valence-electron chi connectivity index (χ2n) is 3.28. The molecular formula is C10H12Cl2N2O3. The summed E-state index contributed by atoms with van der Waals surface area (Å²) in [7, 11) is 0. The number of aliphatic hydroxyl groups excluding tert-OH is 2. The van der Waals surface area contributed by atoms with Crippen LogP contribution in [-0.4, -0.2) is 35.5 Å². The van der Waals surface area contributed by atoms with Gasteiger partial charge in [0.25, 0.3) is 0 Å². The highest BCUT2D eigenvalue weighted by molar-refractivity contribution is 6.35. The third-order valence-electron chi connectivity index (χ3n) is 1.95. The molecule has 0 aliphatic heterocycles. The number of hydrogen-bond donors (Lipinski definition) is 4. The van der Waals surface area contributed by atoms with E-state index in [9.17, 15) is 4.79 Å². The fraction of sp³-hybridized carbons (Fsp3) is 0.300. The molecule has 0 bridgehead atoms. The lowest BCUT2D eigenvalue weighted by Crippen LogP contribution is -2.42. The second-order valence-corrected chi connectivity index (χ2v) is 4.13. The molecule has 0 saturated heterocycles. The van der Waals surface area contributed by atoms with Crippen LogP contribution in [-0.2, 0) is 0 Å². The predicted octanol–water partition coefficient (Wildman–Crippen LogP) is 1.47. The quantitative estimate of drug-likeness (QED) is 0.673. The highest BCUT2D eigenvalue weighted by Crippen LogP contribution is 2.25. The van der Waals surface area contributed by atoms with E-state index in [1.165, 1.54) is 6.07 Å². The zero-order chi connectivity index (χ0) is 12.8. The Kier molecular flexibility index (Phi) is 5.50. The molecule has 0 unspecified atom stereocenters. The number of benzene rings is 1. The van der Waals surface area contributed by atoms with Crippen LogP contribution in [0.2, 0.25) is 10.0 Å². The molecule has 0 aromatic heterocycles. The van der Waals surface area contributed by atoms with Crippen molar-refractivity contribution in [2.24, 2.45) is 0 Å². The summed E-state index contributed by atoms with van der Waals surface area (Å²) < 4.78 is 0. The van der Waals surface area contributed by atoms with Crippen LogP contribution in [0.25, 0.3) is 0 Å². The van der Waals surface area contributed by atoms with E-state index in [-0.39, 0.29) is 13.2 Å². The first kappa shape index (κ1) is 14.1. The largest absolute Gasteiger partial charge is 0.394 e. The summed E-state index contributed by atoms with van der Waals surface area (Å²) in [5.74, 6) is 0. The van der Waals surface area contributed by atoms with Gasteiger partial charge >= 0.3 is 6.03 Å². The molecule has 7 heteroatoms. The summed E-state index contributed by atoms with van der Waals surface area (Å²) in [5.41, 5.74) is 0.353. The van der Waals surface area contributed by atoms with Gasteiger partial charge in [0.05, 0.1) is 30.0 Å². The zero-order valence-electron chi connectivity index (χ0n) is 8.78. The molecule has 0 saturated carbocycles. The summed E-state index contributed by atoms with van der Waals surface area (Å²) in [5, 5.41) is 23.2. The third kappa shape index (κ3) is 4.40. The van der Waals surface area contributed by atoms with Crippen molar-refractivity contribution in [2.75, 3.05) is 18.5 Å². The van der Waals surface area contributed by atoms with Crippen LogP contribution in [0, 0.1) is 0 Å². The van der Waals surface area contributed by atoms with Crippen molar-refractivity contribution in [3.05, 3.63) is 28.2 Å². The summed E-state index contributed by atoms with van der Waals surface area (Å²) in [6, 6.07) is 3.35. The number of anilines is 1. The molecule has 1 aromatic rings. The van der Waals surface area contributed by atoms with E-state index in [4.69, 9.17) is 33.4 Å². The number of rotatable bonds is 4. The van der Waals surface area contributed by atoms with E-state index in [0.29, 0.717) is 15.7 Å². The Bertz CT molecular complexity index is 397. The van der Waals surface area contributed by atoms with Crippen molar-refractivity contribution in [2.45, 2.75) is 6.04 Å². The summed E-state index contributed by atoms with van der Waals surface area (Å²) in [6.07, 6.45) is 0. The number of halogens is 2. The predicted molar refractivity (Wildman–Crippen MR) is 66.6 cm³/mol. The van der Waals surface area contributed by atoms with Gasteiger partial charge in [-0.25, -0.2) is 4.79 Å². The number of urea groups is 1. The van der Waals surface area contributed by atoms with Crippen LogP contribution >= 0.6 is 23.2 Å². The lowest BCUT2D eigenvalue weighted by molar-refractivity contribution is 0.172. The van der Waals surface area contributed by atoms with Gasteiger partial charge in [0, 0.05) is 5.02 Å².